The number of aryl methyl sites for hydroxylation is 1. The summed E-state index contributed by atoms with van der Waals surface area (Å²) < 4.78 is 14.0. The van der Waals surface area contributed by atoms with E-state index in [1.165, 1.54) is 11.6 Å². The molecule has 2 rings (SSSR count). The van der Waals surface area contributed by atoms with Gasteiger partial charge >= 0.3 is 0 Å². The molecule has 1 unspecified atom stereocenters. The third kappa shape index (κ3) is 3.47. The average molecular weight is 305 g/mol. The number of halogens is 2. The molecule has 0 bridgehead atoms. The van der Waals surface area contributed by atoms with Gasteiger partial charge in [0.25, 0.3) is 0 Å². The predicted molar refractivity (Wildman–Crippen MR) is 88.6 cm³/mol. The van der Waals surface area contributed by atoms with Crippen molar-refractivity contribution in [3.05, 3.63) is 70.5 Å². The Kier molecular flexibility index (Phi) is 4.73. The fourth-order valence-electron chi connectivity index (χ4n) is 2.32. The third-order valence-electron chi connectivity index (χ3n) is 4.30. The Morgan fingerprint density at radius 3 is 2.24 bits per heavy atom. The van der Waals surface area contributed by atoms with Crippen molar-refractivity contribution in [1.29, 1.82) is 0 Å². The van der Waals surface area contributed by atoms with Gasteiger partial charge in [-0.05, 0) is 41.5 Å². The third-order valence-corrected chi connectivity index (χ3v) is 4.78. The van der Waals surface area contributed by atoms with Crippen LogP contribution in [-0.2, 0) is 5.41 Å². The van der Waals surface area contributed by atoms with Gasteiger partial charge < -0.3 is 0 Å². The van der Waals surface area contributed by atoms with E-state index < -0.39 is 5.38 Å². The minimum Gasteiger partial charge on any atom is -0.207 e. The maximum absolute atomic E-state index is 14.0. The lowest BCUT2D eigenvalue weighted by Gasteiger charge is -2.24. The zero-order valence-electron chi connectivity index (χ0n) is 13.1. The number of rotatable bonds is 4. The molecule has 2 aromatic rings. The Hall–Kier alpha value is -1.34. The first-order valence-corrected chi connectivity index (χ1v) is 7.79. The zero-order valence-corrected chi connectivity index (χ0v) is 13.8. The largest absolute Gasteiger partial charge is 0.207 e. The lowest BCUT2D eigenvalue weighted by molar-refractivity contribution is 0.506. The van der Waals surface area contributed by atoms with Crippen LogP contribution in [0.25, 0.3) is 0 Å². The van der Waals surface area contributed by atoms with E-state index in [2.05, 4.69) is 32.9 Å². The number of benzene rings is 2. The Bertz CT molecular complexity index is 614. The zero-order chi connectivity index (χ0) is 15.6. The van der Waals surface area contributed by atoms with Crippen molar-refractivity contribution in [2.75, 3.05) is 0 Å². The Morgan fingerprint density at radius 2 is 1.71 bits per heavy atom. The van der Waals surface area contributed by atoms with Crippen LogP contribution in [0.15, 0.2) is 42.5 Å². The van der Waals surface area contributed by atoms with Gasteiger partial charge in [0.05, 0.1) is 5.38 Å². The molecule has 1 atom stereocenters. The molecule has 112 valence electrons. The fourth-order valence-corrected chi connectivity index (χ4v) is 2.65. The smallest absolute Gasteiger partial charge is 0.128 e. The van der Waals surface area contributed by atoms with Gasteiger partial charge in [0.1, 0.15) is 5.82 Å². The van der Waals surface area contributed by atoms with Gasteiger partial charge in [-0.1, -0.05) is 57.2 Å². The van der Waals surface area contributed by atoms with E-state index in [-0.39, 0.29) is 11.2 Å². The summed E-state index contributed by atoms with van der Waals surface area (Å²) in [4.78, 5) is 0. The molecule has 2 heteroatoms. The number of hydrogen-bond acceptors (Lipinski definition) is 0. The molecule has 0 aromatic heterocycles. The fraction of sp³-hybridized carbons (Fsp3) is 0.368. The molecule has 0 aliphatic rings. The van der Waals surface area contributed by atoms with E-state index in [0.29, 0.717) is 5.56 Å². The van der Waals surface area contributed by atoms with E-state index in [9.17, 15) is 4.39 Å². The van der Waals surface area contributed by atoms with Crippen molar-refractivity contribution in [2.24, 2.45) is 0 Å². The summed E-state index contributed by atoms with van der Waals surface area (Å²) >= 11 is 6.45. The van der Waals surface area contributed by atoms with Crippen LogP contribution in [0.4, 0.5) is 4.39 Å². The predicted octanol–water partition coefficient (Wildman–Crippen LogP) is 6.15. The summed E-state index contributed by atoms with van der Waals surface area (Å²) in [7, 11) is 0. The van der Waals surface area contributed by atoms with Gasteiger partial charge in [0, 0.05) is 5.56 Å². The van der Waals surface area contributed by atoms with Gasteiger partial charge in [-0.3, -0.25) is 0 Å². The summed E-state index contributed by atoms with van der Waals surface area (Å²) in [5.41, 5.74) is 3.79. The molecule has 2 aromatic carbocycles. The topological polar surface area (TPSA) is 0 Å². The molecule has 0 spiro atoms. The van der Waals surface area contributed by atoms with Crippen LogP contribution in [0.5, 0.6) is 0 Å². The lowest BCUT2D eigenvalue weighted by atomic mass is 9.82. The van der Waals surface area contributed by atoms with Gasteiger partial charge in [0.2, 0.25) is 0 Å². The van der Waals surface area contributed by atoms with Gasteiger partial charge in [-0.2, -0.15) is 0 Å². The Morgan fingerprint density at radius 1 is 1.10 bits per heavy atom. The van der Waals surface area contributed by atoms with Crippen molar-refractivity contribution < 1.29 is 4.39 Å². The Labute approximate surface area is 132 Å². The first-order chi connectivity index (χ1) is 9.85. The second-order valence-electron chi connectivity index (χ2n) is 6.25. The van der Waals surface area contributed by atoms with Crippen LogP contribution in [0.3, 0.4) is 0 Å². The summed E-state index contributed by atoms with van der Waals surface area (Å²) in [6.07, 6.45) is 1.07. The monoisotopic (exact) mass is 304 g/mol. The van der Waals surface area contributed by atoms with Crippen LogP contribution in [0, 0.1) is 12.7 Å². The van der Waals surface area contributed by atoms with E-state index in [1.54, 1.807) is 6.07 Å². The van der Waals surface area contributed by atoms with Crippen LogP contribution in [0.1, 0.15) is 54.8 Å². The highest BCUT2D eigenvalue weighted by atomic mass is 35.5. The molecule has 0 nitrogen and oxygen atoms in total. The van der Waals surface area contributed by atoms with Crippen LogP contribution < -0.4 is 0 Å². The minimum absolute atomic E-state index is 0.148. The van der Waals surface area contributed by atoms with Crippen LogP contribution >= 0.6 is 11.6 Å². The normalized spacial score (nSPS) is 13.2. The highest BCUT2D eigenvalue weighted by Gasteiger charge is 2.19. The second-order valence-corrected chi connectivity index (χ2v) is 6.68. The molecule has 0 radical (unpaired) electrons. The number of alkyl halides is 1. The molecule has 0 saturated heterocycles. The van der Waals surface area contributed by atoms with Crippen molar-refractivity contribution in [3.8, 4) is 0 Å². The van der Waals surface area contributed by atoms with Crippen molar-refractivity contribution in [2.45, 2.75) is 44.9 Å². The molecule has 0 N–H and O–H groups in total. The van der Waals surface area contributed by atoms with E-state index >= 15 is 0 Å². The molecule has 0 aliphatic carbocycles. The van der Waals surface area contributed by atoms with E-state index in [4.69, 9.17) is 11.6 Å². The van der Waals surface area contributed by atoms with E-state index in [1.807, 2.05) is 25.1 Å². The summed E-state index contributed by atoms with van der Waals surface area (Å²) in [5, 5.41) is -0.454. The molecule has 0 aliphatic heterocycles. The van der Waals surface area contributed by atoms with Crippen LogP contribution in [-0.4, -0.2) is 0 Å². The Balaban J connectivity index is 2.30. The van der Waals surface area contributed by atoms with Gasteiger partial charge in [-0.15, -0.1) is 11.6 Å². The first-order valence-electron chi connectivity index (χ1n) is 7.35. The van der Waals surface area contributed by atoms with Gasteiger partial charge in [0.15, 0.2) is 0 Å². The highest BCUT2D eigenvalue weighted by molar-refractivity contribution is 6.22. The molecular weight excluding hydrogens is 283 g/mol. The molecule has 0 heterocycles. The second kappa shape index (κ2) is 6.19. The molecule has 0 amide bonds. The van der Waals surface area contributed by atoms with Crippen LogP contribution in [0.2, 0.25) is 0 Å². The standard InChI is InChI=1S/C19H22ClF/c1-5-19(3,4)15-9-7-14(8-10-15)18(20)16-11-6-13(2)12-17(16)21/h6-12,18H,5H2,1-4H3. The molecular formula is C19H22ClF. The SMILES string of the molecule is CCC(C)(C)c1ccc(C(Cl)c2ccc(C)cc2F)cc1. The quantitative estimate of drug-likeness (QED) is 0.594. The maximum Gasteiger partial charge on any atom is 0.128 e. The molecule has 0 saturated carbocycles. The van der Waals surface area contributed by atoms with Crippen molar-refractivity contribution >= 4 is 11.6 Å². The van der Waals surface area contributed by atoms with Crippen molar-refractivity contribution in [3.63, 3.8) is 0 Å². The van der Waals surface area contributed by atoms with Crippen molar-refractivity contribution in [1.82, 2.24) is 0 Å². The minimum atomic E-state index is -0.454. The number of hydrogen-bond donors (Lipinski definition) is 0. The molecule has 21 heavy (non-hydrogen) atoms. The lowest BCUT2D eigenvalue weighted by Crippen LogP contribution is -2.15. The van der Waals surface area contributed by atoms with Gasteiger partial charge in [-0.25, -0.2) is 4.39 Å². The first kappa shape index (κ1) is 16.0. The summed E-state index contributed by atoms with van der Waals surface area (Å²) in [6.45, 7) is 8.50. The summed E-state index contributed by atoms with van der Waals surface area (Å²) in [5.74, 6) is -0.243. The maximum atomic E-state index is 14.0. The molecule has 0 fully saturated rings. The van der Waals surface area contributed by atoms with E-state index in [0.717, 1.165) is 17.5 Å². The highest BCUT2D eigenvalue weighted by Crippen LogP contribution is 2.33. The average Bonchev–Trinajstić information content (AvgIpc) is 2.47. The summed E-state index contributed by atoms with van der Waals surface area (Å²) in [6, 6.07) is 13.4.